The van der Waals surface area contributed by atoms with Crippen LogP contribution in [0.4, 0.5) is 0 Å². The highest BCUT2D eigenvalue weighted by Crippen LogP contribution is 2.24. The minimum atomic E-state index is 0.177. The smallest absolute Gasteiger partial charge is 0.122 e. The number of alkyl halides is 1. The lowest BCUT2D eigenvalue weighted by molar-refractivity contribution is 0.202. The fourth-order valence-corrected chi connectivity index (χ4v) is 1.35. The van der Waals surface area contributed by atoms with E-state index in [2.05, 4.69) is 49.7 Å². The van der Waals surface area contributed by atoms with E-state index >= 15 is 0 Å². The third-order valence-corrected chi connectivity index (χ3v) is 4.05. The number of hydrogen-bond acceptors (Lipinski definition) is 1. The van der Waals surface area contributed by atoms with E-state index in [1.165, 1.54) is 11.1 Å². The molecule has 1 aromatic carbocycles. The first-order valence-corrected chi connectivity index (χ1v) is 6.33. The van der Waals surface area contributed by atoms with Crippen LogP contribution in [0.2, 0.25) is 0 Å². The third kappa shape index (κ3) is 3.53. The first kappa shape index (κ1) is 12.6. The van der Waals surface area contributed by atoms with Gasteiger partial charge in [0.2, 0.25) is 0 Å². The van der Waals surface area contributed by atoms with E-state index in [9.17, 15) is 0 Å². The van der Waals surface area contributed by atoms with Crippen molar-refractivity contribution >= 4 is 15.9 Å². The lowest BCUT2D eigenvalue weighted by Crippen LogP contribution is -2.23. The first-order valence-electron chi connectivity index (χ1n) is 5.21. The second kappa shape index (κ2) is 5.02. The van der Waals surface area contributed by atoms with E-state index in [1.54, 1.807) is 0 Å². The summed E-state index contributed by atoms with van der Waals surface area (Å²) in [5, 5.41) is 0.949. The SMILES string of the molecule is Cc1cccc(OCC(C)(C)CBr)c1C. The van der Waals surface area contributed by atoms with Gasteiger partial charge in [0.15, 0.2) is 0 Å². The van der Waals surface area contributed by atoms with E-state index < -0.39 is 0 Å². The topological polar surface area (TPSA) is 9.23 Å². The van der Waals surface area contributed by atoms with Crippen LogP contribution < -0.4 is 4.74 Å². The molecule has 0 aliphatic carbocycles. The van der Waals surface area contributed by atoms with Gasteiger partial charge in [0.1, 0.15) is 5.75 Å². The van der Waals surface area contributed by atoms with Crippen LogP contribution in [-0.4, -0.2) is 11.9 Å². The summed E-state index contributed by atoms with van der Waals surface area (Å²) in [6, 6.07) is 6.18. The van der Waals surface area contributed by atoms with Crippen molar-refractivity contribution in [1.29, 1.82) is 0 Å². The molecular formula is C13H19BrO. The number of rotatable bonds is 4. The van der Waals surface area contributed by atoms with Crippen molar-refractivity contribution < 1.29 is 4.74 Å². The number of hydrogen-bond donors (Lipinski definition) is 0. The Kier molecular flexibility index (Phi) is 4.21. The molecule has 0 heterocycles. The molecule has 84 valence electrons. The maximum Gasteiger partial charge on any atom is 0.122 e. The molecule has 0 spiro atoms. The summed E-state index contributed by atoms with van der Waals surface area (Å²) >= 11 is 3.50. The zero-order chi connectivity index (χ0) is 11.5. The van der Waals surface area contributed by atoms with E-state index in [-0.39, 0.29) is 5.41 Å². The Morgan fingerprint density at radius 1 is 1.27 bits per heavy atom. The van der Waals surface area contributed by atoms with E-state index in [0.29, 0.717) is 0 Å². The molecule has 1 aromatic rings. The zero-order valence-electron chi connectivity index (χ0n) is 9.93. The number of ether oxygens (including phenoxy) is 1. The van der Waals surface area contributed by atoms with Crippen LogP contribution in [0.3, 0.4) is 0 Å². The highest BCUT2D eigenvalue weighted by atomic mass is 79.9. The van der Waals surface area contributed by atoms with Crippen molar-refractivity contribution in [3.8, 4) is 5.75 Å². The lowest BCUT2D eigenvalue weighted by Gasteiger charge is -2.22. The average Bonchev–Trinajstić information content (AvgIpc) is 2.20. The fraction of sp³-hybridized carbons (Fsp3) is 0.538. The van der Waals surface area contributed by atoms with Gasteiger partial charge in [0.05, 0.1) is 6.61 Å². The normalized spacial score (nSPS) is 11.5. The van der Waals surface area contributed by atoms with Crippen LogP contribution in [0.25, 0.3) is 0 Å². The van der Waals surface area contributed by atoms with E-state index in [4.69, 9.17) is 4.74 Å². The molecule has 0 atom stereocenters. The Hall–Kier alpha value is -0.500. The maximum atomic E-state index is 5.84. The minimum Gasteiger partial charge on any atom is -0.493 e. The molecule has 0 aromatic heterocycles. The zero-order valence-corrected chi connectivity index (χ0v) is 11.5. The molecule has 15 heavy (non-hydrogen) atoms. The molecule has 0 N–H and O–H groups in total. The molecule has 0 unspecified atom stereocenters. The molecule has 1 rings (SSSR count). The van der Waals surface area contributed by atoms with Gasteiger partial charge >= 0.3 is 0 Å². The van der Waals surface area contributed by atoms with Crippen molar-refractivity contribution in [2.24, 2.45) is 5.41 Å². The van der Waals surface area contributed by atoms with Gasteiger partial charge in [-0.2, -0.15) is 0 Å². The maximum absolute atomic E-state index is 5.84. The molecule has 0 bridgehead atoms. The second-order valence-corrected chi connectivity index (χ2v) is 5.35. The molecule has 1 nitrogen and oxygen atoms in total. The number of aryl methyl sites for hydroxylation is 1. The molecular weight excluding hydrogens is 252 g/mol. The molecule has 0 saturated heterocycles. The van der Waals surface area contributed by atoms with Gasteiger partial charge in [-0.15, -0.1) is 0 Å². The van der Waals surface area contributed by atoms with Gasteiger partial charge in [-0.25, -0.2) is 0 Å². The van der Waals surface area contributed by atoms with Crippen molar-refractivity contribution in [3.05, 3.63) is 29.3 Å². The van der Waals surface area contributed by atoms with Gasteiger partial charge < -0.3 is 4.74 Å². The summed E-state index contributed by atoms with van der Waals surface area (Å²) in [4.78, 5) is 0. The van der Waals surface area contributed by atoms with Crippen LogP contribution in [-0.2, 0) is 0 Å². The molecule has 0 radical (unpaired) electrons. The van der Waals surface area contributed by atoms with E-state index in [0.717, 1.165) is 17.7 Å². The van der Waals surface area contributed by atoms with Crippen LogP contribution in [0, 0.1) is 19.3 Å². The summed E-state index contributed by atoms with van der Waals surface area (Å²) in [5.74, 6) is 1.00. The van der Waals surface area contributed by atoms with Crippen LogP contribution >= 0.6 is 15.9 Å². The van der Waals surface area contributed by atoms with Gasteiger partial charge in [0.25, 0.3) is 0 Å². The molecule has 0 aliphatic heterocycles. The Morgan fingerprint density at radius 2 is 1.93 bits per heavy atom. The predicted octanol–water partition coefficient (Wildman–Crippen LogP) is 4.10. The van der Waals surface area contributed by atoms with Crippen molar-refractivity contribution in [2.75, 3.05) is 11.9 Å². The first-order chi connectivity index (χ1) is 6.96. The summed E-state index contributed by atoms with van der Waals surface area (Å²) in [6.07, 6.45) is 0. The summed E-state index contributed by atoms with van der Waals surface area (Å²) in [7, 11) is 0. The summed E-state index contributed by atoms with van der Waals surface area (Å²) in [5.41, 5.74) is 2.70. The summed E-state index contributed by atoms with van der Waals surface area (Å²) < 4.78 is 5.84. The Labute approximate surface area is 101 Å². The van der Waals surface area contributed by atoms with Gasteiger partial charge in [-0.05, 0) is 31.0 Å². The largest absolute Gasteiger partial charge is 0.493 e. The fourth-order valence-electron chi connectivity index (χ4n) is 1.19. The molecule has 0 amide bonds. The van der Waals surface area contributed by atoms with Gasteiger partial charge in [0, 0.05) is 10.7 Å². The molecule has 2 heteroatoms. The van der Waals surface area contributed by atoms with E-state index in [1.807, 2.05) is 12.1 Å². The Morgan fingerprint density at radius 3 is 2.53 bits per heavy atom. The predicted molar refractivity (Wildman–Crippen MR) is 69.0 cm³/mol. The van der Waals surface area contributed by atoms with Crippen molar-refractivity contribution in [3.63, 3.8) is 0 Å². The van der Waals surface area contributed by atoms with Gasteiger partial charge in [-0.3, -0.25) is 0 Å². The third-order valence-electron chi connectivity index (χ3n) is 2.54. The highest BCUT2D eigenvalue weighted by molar-refractivity contribution is 9.09. The molecule has 0 saturated carbocycles. The van der Waals surface area contributed by atoms with Crippen molar-refractivity contribution in [1.82, 2.24) is 0 Å². The molecule has 0 aliphatic rings. The number of benzene rings is 1. The highest BCUT2D eigenvalue weighted by Gasteiger charge is 2.17. The minimum absolute atomic E-state index is 0.177. The Balaban J connectivity index is 2.70. The summed E-state index contributed by atoms with van der Waals surface area (Å²) in [6.45, 7) is 9.33. The molecule has 0 fully saturated rings. The monoisotopic (exact) mass is 270 g/mol. The second-order valence-electron chi connectivity index (χ2n) is 4.78. The average molecular weight is 271 g/mol. The lowest BCUT2D eigenvalue weighted by atomic mass is 9.98. The standard InChI is InChI=1S/C13H19BrO/c1-10-6-5-7-12(11(10)2)15-9-13(3,4)8-14/h5-7H,8-9H2,1-4H3. The van der Waals surface area contributed by atoms with Crippen LogP contribution in [0.15, 0.2) is 18.2 Å². The number of halogens is 1. The quantitative estimate of drug-likeness (QED) is 0.749. The van der Waals surface area contributed by atoms with Crippen LogP contribution in [0.1, 0.15) is 25.0 Å². The van der Waals surface area contributed by atoms with Crippen LogP contribution in [0.5, 0.6) is 5.75 Å². The Bertz CT molecular complexity index is 331. The van der Waals surface area contributed by atoms with Gasteiger partial charge in [-0.1, -0.05) is 41.9 Å². The van der Waals surface area contributed by atoms with Crippen molar-refractivity contribution in [2.45, 2.75) is 27.7 Å².